The Morgan fingerprint density at radius 2 is 2.12 bits per heavy atom. The molecule has 2 amide bonds. The Bertz CT molecular complexity index is 604. The van der Waals surface area contributed by atoms with Crippen LogP contribution in [-0.4, -0.2) is 57.9 Å². The van der Waals surface area contributed by atoms with Gasteiger partial charge in [-0.1, -0.05) is 13.0 Å². The average Bonchev–Trinajstić information content (AvgIpc) is 3.09. The van der Waals surface area contributed by atoms with Crippen LogP contribution in [0, 0.1) is 0 Å². The van der Waals surface area contributed by atoms with Gasteiger partial charge in [-0.25, -0.2) is 0 Å². The highest BCUT2D eigenvalue weighted by atomic mass is 32.2. The van der Waals surface area contributed by atoms with E-state index in [1.54, 1.807) is 34.0 Å². The standard InChI is InChI=1S/C18H25N3O2S/c1-4-5-14(2)17(22)21-13-24-12-16(21)18(23)20(3)11-8-15-6-9-19-10-7-15/h5-7,9-10,16H,4,8,11-13H2,1-3H3/b14-5-. The summed E-state index contributed by atoms with van der Waals surface area (Å²) in [4.78, 5) is 32.7. The summed E-state index contributed by atoms with van der Waals surface area (Å²) in [5.74, 6) is 1.25. The molecule has 1 saturated heterocycles. The van der Waals surface area contributed by atoms with Crippen molar-refractivity contribution in [2.75, 3.05) is 25.2 Å². The van der Waals surface area contributed by atoms with Crippen LogP contribution in [0.3, 0.4) is 0 Å². The molecular formula is C18H25N3O2S. The van der Waals surface area contributed by atoms with Gasteiger partial charge in [0.25, 0.3) is 5.91 Å². The molecule has 5 nitrogen and oxygen atoms in total. The van der Waals surface area contributed by atoms with Crippen molar-refractivity contribution in [3.63, 3.8) is 0 Å². The molecule has 1 aromatic rings. The lowest BCUT2D eigenvalue weighted by atomic mass is 10.1. The molecule has 130 valence electrons. The van der Waals surface area contributed by atoms with E-state index >= 15 is 0 Å². The lowest BCUT2D eigenvalue weighted by molar-refractivity contribution is -0.140. The van der Waals surface area contributed by atoms with E-state index in [1.807, 2.05) is 39.1 Å². The molecule has 24 heavy (non-hydrogen) atoms. The molecule has 0 saturated carbocycles. The van der Waals surface area contributed by atoms with Gasteiger partial charge in [0.2, 0.25) is 5.91 Å². The van der Waals surface area contributed by atoms with Gasteiger partial charge in [-0.15, -0.1) is 11.8 Å². The molecule has 6 heteroatoms. The zero-order chi connectivity index (χ0) is 17.5. The molecule has 2 heterocycles. The Balaban J connectivity index is 1.96. The number of aromatic nitrogens is 1. The second kappa shape index (κ2) is 8.87. The van der Waals surface area contributed by atoms with Crippen LogP contribution in [0.2, 0.25) is 0 Å². The second-order valence-corrected chi connectivity index (χ2v) is 6.95. The topological polar surface area (TPSA) is 53.5 Å². The number of likely N-dealkylation sites (N-methyl/N-ethyl adjacent to an activating group) is 1. The summed E-state index contributed by atoms with van der Waals surface area (Å²) in [7, 11) is 1.81. The minimum atomic E-state index is -0.356. The number of nitrogens with zero attached hydrogens (tertiary/aromatic N) is 3. The number of allylic oxidation sites excluding steroid dienone is 1. The van der Waals surface area contributed by atoms with Crippen molar-refractivity contribution in [1.29, 1.82) is 0 Å². The highest BCUT2D eigenvalue weighted by Crippen LogP contribution is 2.24. The van der Waals surface area contributed by atoms with Gasteiger partial charge in [0, 0.05) is 37.3 Å². The van der Waals surface area contributed by atoms with E-state index in [2.05, 4.69) is 4.98 Å². The highest BCUT2D eigenvalue weighted by Gasteiger charge is 2.36. The van der Waals surface area contributed by atoms with Crippen molar-refractivity contribution in [3.05, 3.63) is 41.7 Å². The zero-order valence-corrected chi connectivity index (χ0v) is 15.4. The average molecular weight is 347 g/mol. The molecule has 0 bridgehead atoms. The Morgan fingerprint density at radius 3 is 2.79 bits per heavy atom. The molecule has 1 unspecified atom stereocenters. The fourth-order valence-electron chi connectivity index (χ4n) is 2.68. The first kappa shape index (κ1) is 18.5. The summed E-state index contributed by atoms with van der Waals surface area (Å²) >= 11 is 1.64. The number of carbonyl (C=O) groups excluding carboxylic acids is 2. The Morgan fingerprint density at radius 1 is 1.42 bits per heavy atom. The molecule has 0 spiro atoms. The molecule has 1 fully saturated rings. The van der Waals surface area contributed by atoms with Crippen LogP contribution in [-0.2, 0) is 16.0 Å². The van der Waals surface area contributed by atoms with E-state index in [-0.39, 0.29) is 17.9 Å². The number of thioether (sulfide) groups is 1. The molecule has 1 atom stereocenters. The van der Waals surface area contributed by atoms with Crippen LogP contribution in [0.15, 0.2) is 36.2 Å². The van der Waals surface area contributed by atoms with Crippen molar-refractivity contribution in [1.82, 2.24) is 14.8 Å². The van der Waals surface area contributed by atoms with E-state index in [0.29, 0.717) is 18.2 Å². The maximum atomic E-state index is 12.7. The third kappa shape index (κ3) is 4.60. The predicted octanol–water partition coefficient (Wildman–Crippen LogP) is 2.34. The second-order valence-electron chi connectivity index (χ2n) is 5.95. The third-order valence-corrected chi connectivity index (χ3v) is 5.15. The highest BCUT2D eigenvalue weighted by molar-refractivity contribution is 7.99. The molecule has 0 aromatic carbocycles. The van der Waals surface area contributed by atoms with Crippen LogP contribution in [0.5, 0.6) is 0 Å². The van der Waals surface area contributed by atoms with Crippen molar-refractivity contribution < 1.29 is 9.59 Å². The van der Waals surface area contributed by atoms with Crippen LogP contribution in [0.4, 0.5) is 0 Å². The van der Waals surface area contributed by atoms with E-state index in [4.69, 9.17) is 0 Å². The van der Waals surface area contributed by atoms with Crippen LogP contribution >= 0.6 is 11.8 Å². The molecule has 2 rings (SSSR count). The Hall–Kier alpha value is -1.82. The van der Waals surface area contributed by atoms with Crippen molar-refractivity contribution >= 4 is 23.6 Å². The molecule has 1 aromatic heterocycles. The number of pyridine rings is 1. The number of hydrogen-bond acceptors (Lipinski definition) is 4. The van der Waals surface area contributed by atoms with Gasteiger partial charge in [0.15, 0.2) is 0 Å². The predicted molar refractivity (Wildman–Crippen MR) is 97.6 cm³/mol. The van der Waals surface area contributed by atoms with Crippen LogP contribution < -0.4 is 0 Å². The van der Waals surface area contributed by atoms with Crippen molar-refractivity contribution in [2.45, 2.75) is 32.7 Å². The molecule has 0 N–H and O–H groups in total. The summed E-state index contributed by atoms with van der Waals surface area (Å²) in [5.41, 5.74) is 1.87. The van der Waals surface area contributed by atoms with Gasteiger partial charge in [-0.2, -0.15) is 0 Å². The number of rotatable bonds is 6. The first-order valence-electron chi connectivity index (χ1n) is 8.24. The third-order valence-electron chi connectivity index (χ3n) is 4.14. The monoisotopic (exact) mass is 347 g/mol. The van der Waals surface area contributed by atoms with Crippen molar-refractivity contribution in [2.24, 2.45) is 0 Å². The fraction of sp³-hybridized carbons (Fsp3) is 0.500. The number of amides is 2. The SMILES string of the molecule is CC/C=C(/C)C(=O)N1CSCC1C(=O)N(C)CCc1ccncc1. The van der Waals surface area contributed by atoms with Crippen LogP contribution in [0.25, 0.3) is 0 Å². The van der Waals surface area contributed by atoms with Gasteiger partial charge in [0.1, 0.15) is 6.04 Å². The Kier molecular flexibility index (Phi) is 6.85. The maximum Gasteiger partial charge on any atom is 0.250 e. The number of carbonyl (C=O) groups is 2. The van der Waals surface area contributed by atoms with Gasteiger partial charge >= 0.3 is 0 Å². The maximum absolute atomic E-state index is 12.7. The fourth-order valence-corrected chi connectivity index (χ4v) is 3.82. The molecular weight excluding hydrogens is 322 g/mol. The molecule has 0 radical (unpaired) electrons. The number of hydrogen-bond donors (Lipinski definition) is 0. The molecule has 0 aliphatic carbocycles. The lowest BCUT2D eigenvalue weighted by Gasteiger charge is -2.27. The van der Waals surface area contributed by atoms with Gasteiger partial charge in [-0.3, -0.25) is 14.6 Å². The Labute approximate surface area is 148 Å². The smallest absolute Gasteiger partial charge is 0.250 e. The normalized spacial score (nSPS) is 17.9. The summed E-state index contributed by atoms with van der Waals surface area (Å²) in [6.07, 6.45) is 7.04. The van der Waals surface area contributed by atoms with Gasteiger partial charge in [0.05, 0.1) is 5.88 Å². The largest absolute Gasteiger partial charge is 0.344 e. The summed E-state index contributed by atoms with van der Waals surface area (Å²) in [6.45, 7) is 4.46. The van der Waals surface area contributed by atoms with E-state index in [9.17, 15) is 9.59 Å². The molecule has 1 aliphatic rings. The molecule has 1 aliphatic heterocycles. The first-order valence-corrected chi connectivity index (χ1v) is 9.39. The van der Waals surface area contributed by atoms with Gasteiger partial charge < -0.3 is 9.80 Å². The van der Waals surface area contributed by atoms with Crippen LogP contribution in [0.1, 0.15) is 25.8 Å². The van der Waals surface area contributed by atoms with E-state index < -0.39 is 0 Å². The minimum Gasteiger partial charge on any atom is -0.344 e. The van der Waals surface area contributed by atoms with E-state index in [0.717, 1.165) is 24.0 Å². The zero-order valence-electron chi connectivity index (χ0n) is 14.6. The summed E-state index contributed by atoms with van der Waals surface area (Å²) < 4.78 is 0. The van der Waals surface area contributed by atoms with Gasteiger partial charge in [-0.05, 0) is 37.5 Å². The summed E-state index contributed by atoms with van der Waals surface area (Å²) in [6, 6.07) is 3.56. The van der Waals surface area contributed by atoms with E-state index in [1.165, 1.54) is 0 Å². The first-order chi connectivity index (χ1) is 11.5. The summed E-state index contributed by atoms with van der Waals surface area (Å²) in [5, 5.41) is 0. The quantitative estimate of drug-likeness (QED) is 0.741. The minimum absolute atomic E-state index is 0.0201. The van der Waals surface area contributed by atoms with Crippen molar-refractivity contribution in [3.8, 4) is 0 Å². The lowest BCUT2D eigenvalue weighted by Crippen LogP contribution is -2.48.